The Kier molecular flexibility index (Phi) is 5.58. The van der Waals surface area contributed by atoms with E-state index in [1.54, 1.807) is 20.8 Å². The minimum Gasteiger partial charge on any atom is -0.409 e. The van der Waals surface area contributed by atoms with Crippen LogP contribution in [0.2, 0.25) is 5.02 Å². The van der Waals surface area contributed by atoms with Gasteiger partial charge in [0.2, 0.25) is 11.7 Å². The number of nitrogens with one attached hydrogen (secondary N) is 2. The maximum absolute atomic E-state index is 13.2. The van der Waals surface area contributed by atoms with Crippen LogP contribution in [0.3, 0.4) is 0 Å². The lowest BCUT2D eigenvalue weighted by molar-refractivity contribution is -0.128. The average Bonchev–Trinajstić information content (AvgIpc) is 3.01. The molecule has 0 spiro atoms. The SMILES string of the molecule is CC(C)(C)C(=O)NCc1nonc1C(=NO)Nc1ccc(F)c(Cl)c1. The summed E-state index contributed by atoms with van der Waals surface area (Å²) < 4.78 is 17.9. The summed E-state index contributed by atoms with van der Waals surface area (Å²) >= 11 is 5.71. The first-order chi connectivity index (χ1) is 11.7. The van der Waals surface area contributed by atoms with Gasteiger partial charge in [-0.05, 0) is 23.4 Å². The molecule has 1 aromatic carbocycles. The Balaban J connectivity index is 2.15. The first-order valence-electron chi connectivity index (χ1n) is 7.26. The van der Waals surface area contributed by atoms with Crippen molar-refractivity contribution in [1.82, 2.24) is 15.6 Å². The molecule has 2 rings (SSSR count). The fraction of sp³-hybridized carbons (Fsp3) is 0.333. The minimum absolute atomic E-state index is 0.0276. The van der Waals surface area contributed by atoms with Crippen molar-refractivity contribution in [3.63, 3.8) is 0 Å². The number of amidine groups is 1. The zero-order chi connectivity index (χ0) is 18.6. The lowest BCUT2D eigenvalue weighted by atomic mass is 9.96. The zero-order valence-corrected chi connectivity index (χ0v) is 14.6. The van der Waals surface area contributed by atoms with Gasteiger partial charge in [0.25, 0.3) is 0 Å². The largest absolute Gasteiger partial charge is 0.409 e. The van der Waals surface area contributed by atoms with Crippen LogP contribution >= 0.6 is 11.6 Å². The van der Waals surface area contributed by atoms with Crippen molar-refractivity contribution < 1.29 is 19.0 Å². The van der Waals surface area contributed by atoms with E-state index in [-0.39, 0.29) is 34.7 Å². The molecule has 0 bridgehead atoms. The van der Waals surface area contributed by atoms with E-state index in [1.165, 1.54) is 12.1 Å². The van der Waals surface area contributed by atoms with Crippen molar-refractivity contribution in [3.05, 3.63) is 40.4 Å². The van der Waals surface area contributed by atoms with Crippen LogP contribution < -0.4 is 10.6 Å². The molecule has 8 nitrogen and oxygen atoms in total. The molecule has 1 heterocycles. The van der Waals surface area contributed by atoms with E-state index in [1.807, 2.05) is 0 Å². The highest BCUT2D eigenvalue weighted by Gasteiger charge is 2.23. The molecule has 0 aliphatic rings. The molecule has 10 heteroatoms. The molecule has 0 aliphatic heterocycles. The second-order valence-electron chi connectivity index (χ2n) is 6.19. The topological polar surface area (TPSA) is 113 Å². The van der Waals surface area contributed by atoms with E-state index in [0.29, 0.717) is 5.69 Å². The number of anilines is 1. The van der Waals surface area contributed by atoms with Crippen molar-refractivity contribution in [3.8, 4) is 0 Å². The van der Waals surface area contributed by atoms with Crippen molar-refractivity contribution >= 4 is 29.0 Å². The van der Waals surface area contributed by atoms with E-state index in [9.17, 15) is 14.4 Å². The Morgan fingerprint density at radius 3 is 2.72 bits per heavy atom. The summed E-state index contributed by atoms with van der Waals surface area (Å²) in [5.74, 6) is -0.866. The summed E-state index contributed by atoms with van der Waals surface area (Å²) in [6.45, 7) is 5.33. The van der Waals surface area contributed by atoms with Gasteiger partial charge in [0, 0.05) is 11.1 Å². The van der Waals surface area contributed by atoms with Gasteiger partial charge in [-0.15, -0.1) is 0 Å². The number of nitrogens with zero attached hydrogens (tertiary/aromatic N) is 3. The number of carbonyl (C=O) groups excluding carboxylic acids is 1. The molecule has 0 radical (unpaired) electrons. The van der Waals surface area contributed by atoms with Crippen LogP contribution in [-0.4, -0.2) is 27.3 Å². The highest BCUT2D eigenvalue weighted by molar-refractivity contribution is 6.31. The summed E-state index contributed by atoms with van der Waals surface area (Å²) in [4.78, 5) is 11.9. The number of amides is 1. The van der Waals surface area contributed by atoms with E-state index < -0.39 is 11.2 Å². The van der Waals surface area contributed by atoms with E-state index in [2.05, 4.69) is 30.7 Å². The fourth-order valence-corrected chi connectivity index (χ4v) is 1.95. The number of carbonyl (C=O) groups is 1. The van der Waals surface area contributed by atoms with Gasteiger partial charge in [-0.25, -0.2) is 9.02 Å². The molecule has 0 saturated carbocycles. The number of hydrogen-bond donors (Lipinski definition) is 3. The smallest absolute Gasteiger partial charge is 0.225 e. The molecule has 3 N–H and O–H groups in total. The van der Waals surface area contributed by atoms with Gasteiger partial charge >= 0.3 is 0 Å². The number of oxime groups is 1. The Labute approximate surface area is 148 Å². The van der Waals surface area contributed by atoms with Crippen LogP contribution in [0.5, 0.6) is 0 Å². The highest BCUT2D eigenvalue weighted by atomic mass is 35.5. The Morgan fingerprint density at radius 2 is 2.12 bits per heavy atom. The highest BCUT2D eigenvalue weighted by Crippen LogP contribution is 2.20. The number of halogens is 2. The number of hydrogen-bond acceptors (Lipinski definition) is 6. The molecule has 0 atom stereocenters. The van der Waals surface area contributed by atoms with Crippen LogP contribution in [-0.2, 0) is 11.3 Å². The third kappa shape index (κ3) is 4.66. The molecular weight excluding hydrogens is 353 g/mol. The van der Waals surface area contributed by atoms with Gasteiger partial charge in [-0.3, -0.25) is 4.79 Å². The van der Waals surface area contributed by atoms with Crippen molar-refractivity contribution in [2.45, 2.75) is 27.3 Å². The quantitative estimate of drug-likeness (QED) is 0.330. The minimum atomic E-state index is -0.580. The Hall–Kier alpha value is -2.68. The average molecular weight is 370 g/mol. The van der Waals surface area contributed by atoms with Crippen LogP contribution in [0.4, 0.5) is 10.1 Å². The second kappa shape index (κ2) is 7.47. The van der Waals surface area contributed by atoms with E-state index in [4.69, 9.17) is 11.6 Å². The fourth-order valence-electron chi connectivity index (χ4n) is 1.77. The van der Waals surface area contributed by atoms with Crippen molar-refractivity contribution in [2.24, 2.45) is 10.6 Å². The van der Waals surface area contributed by atoms with Crippen molar-refractivity contribution in [1.29, 1.82) is 0 Å². The lowest BCUT2D eigenvalue weighted by Crippen LogP contribution is -2.34. The summed E-state index contributed by atoms with van der Waals surface area (Å²) in [5.41, 5.74) is 0.143. The van der Waals surface area contributed by atoms with Gasteiger partial charge in [-0.1, -0.05) is 42.7 Å². The van der Waals surface area contributed by atoms with Crippen LogP contribution in [0.15, 0.2) is 28.0 Å². The first kappa shape index (κ1) is 18.7. The third-order valence-electron chi connectivity index (χ3n) is 3.16. The predicted molar refractivity (Wildman–Crippen MR) is 89.0 cm³/mol. The summed E-state index contributed by atoms with van der Waals surface area (Å²) in [7, 11) is 0. The summed E-state index contributed by atoms with van der Waals surface area (Å²) in [6, 6.07) is 3.88. The Bertz CT molecular complexity index is 801. The molecule has 0 unspecified atom stereocenters. The van der Waals surface area contributed by atoms with Crippen molar-refractivity contribution in [2.75, 3.05) is 5.32 Å². The van der Waals surface area contributed by atoms with Gasteiger partial charge in [0.1, 0.15) is 11.5 Å². The number of aromatic nitrogens is 2. The van der Waals surface area contributed by atoms with Gasteiger partial charge in [0.05, 0.1) is 11.6 Å². The second-order valence-corrected chi connectivity index (χ2v) is 6.60. The van der Waals surface area contributed by atoms with Crippen LogP contribution in [0, 0.1) is 11.2 Å². The molecule has 0 saturated heterocycles. The molecule has 1 aromatic heterocycles. The number of rotatable bonds is 4. The maximum atomic E-state index is 13.2. The molecule has 25 heavy (non-hydrogen) atoms. The zero-order valence-electron chi connectivity index (χ0n) is 13.8. The molecule has 0 aliphatic carbocycles. The summed E-state index contributed by atoms with van der Waals surface area (Å²) in [6.07, 6.45) is 0. The van der Waals surface area contributed by atoms with Crippen LogP contribution in [0.25, 0.3) is 0 Å². The standard InChI is InChI=1S/C15H17ClFN5O3/c1-15(2,3)14(23)18-7-11-12(22-25-21-11)13(20-24)19-8-4-5-10(17)9(16)6-8/h4-6,24H,7H2,1-3H3,(H,18,23)(H,19,20). The van der Waals surface area contributed by atoms with E-state index in [0.717, 1.165) is 6.07 Å². The van der Waals surface area contributed by atoms with Gasteiger partial charge in [0.15, 0.2) is 5.69 Å². The van der Waals surface area contributed by atoms with Gasteiger partial charge in [-0.2, -0.15) is 0 Å². The third-order valence-corrected chi connectivity index (χ3v) is 3.45. The Morgan fingerprint density at radius 1 is 1.40 bits per heavy atom. The summed E-state index contributed by atoms with van der Waals surface area (Å²) in [5, 5.41) is 25.0. The van der Waals surface area contributed by atoms with Gasteiger partial charge < -0.3 is 15.8 Å². The number of benzene rings is 1. The monoisotopic (exact) mass is 369 g/mol. The lowest BCUT2D eigenvalue weighted by Gasteiger charge is -2.17. The molecule has 2 aromatic rings. The molecule has 1 amide bonds. The van der Waals surface area contributed by atoms with E-state index >= 15 is 0 Å². The molecule has 134 valence electrons. The molecular formula is C15H17ClFN5O3. The maximum Gasteiger partial charge on any atom is 0.225 e. The molecule has 0 fully saturated rings. The first-order valence-corrected chi connectivity index (χ1v) is 7.64. The normalized spacial score (nSPS) is 12.1. The van der Waals surface area contributed by atoms with Crippen LogP contribution in [0.1, 0.15) is 32.2 Å². The predicted octanol–water partition coefficient (Wildman–Crippen LogP) is 2.77.